The molecule has 6 nitrogen and oxygen atoms in total. The fraction of sp³-hybridized carbons (Fsp3) is 0.250. The molecule has 134 valence electrons. The minimum atomic E-state index is 0.392. The Hall–Kier alpha value is -3.15. The van der Waals surface area contributed by atoms with Gasteiger partial charge in [-0.05, 0) is 36.1 Å². The lowest BCUT2D eigenvalue weighted by Crippen LogP contribution is -2.06. The van der Waals surface area contributed by atoms with Crippen molar-refractivity contribution in [2.45, 2.75) is 26.7 Å². The third kappa shape index (κ3) is 4.08. The number of anilines is 4. The van der Waals surface area contributed by atoms with E-state index in [1.807, 2.05) is 24.3 Å². The first-order valence-corrected chi connectivity index (χ1v) is 8.54. The van der Waals surface area contributed by atoms with Gasteiger partial charge in [-0.1, -0.05) is 38.1 Å². The van der Waals surface area contributed by atoms with Gasteiger partial charge in [0.1, 0.15) is 5.75 Å². The van der Waals surface area contributed by atoms with Gasteiger partial charge in [0.15, 0.2) is 5.82 Å². The second kappa shape index (κ2) is 7.82. The molecule has 0 saturated heterocycles. The number of ether oxygens (including phenoxy) is 1. The molecular formula is C20H23N5O. The molecule has 0 aliphatic rings. The molecule has 0 bridgehead atoms. The van der Waals surface area contributed by atoms with E-state index in [-0.39, 0.29) is 0 Å². The maximum absolute atomic E-state index is 5.24. The second-order valence-corrected chi connectivity index (χ2v) is 6.34. The third-order valence-corrected chi connectivity index (χ3v) is 4.06. The molecule has 0 saturated carbocycles. The standard InChI is InChI=1S/C20H23N5O/c1-13(2)17-10-5-7-14(3)19(17)24-20-23-18(12-21-25-20)22-15-8-6-9-16(11-15)26-4/h5-13H,1-4H3,(H2,22,23,24,25). The lowest BCUT2D eigenvalue weighted by Gasteiger charge is -2.16. The van der Waals surface area contributed by atoms with Crippen molar-refractivity contribution in [2.75, 3.05) is 17.7 Å². The molecular weight excluding hydrogens is 326 g/mol. The van der Waals surface area contributed by atoms with Crippen LogP contribution in [0.3, 0.4) is 0 Å². The average molecular weight is 349 g/mol. The molecule has 0 spiro atoms. The monoisotopic (exact) mass is 349 g/mol. The molecule has 1 heterocycles. The summed E-state index contributed by atoms with van der Waals surface area (Å²) in [6.45, 7) is 6.40. The fourth-order valence-electron chi connectivity index (χ4n) is 2.72. The summed E-state index contributed by atoms with van der Waals surface area (Å²) in [5, 5.41) is 14.7. The number of nitrogens with one attached hydrogen (secondary N) is 2. The Morgan fingerprint density at radius 2 is 1.85 bits per heavy atom. The van der Waals surface area contributed by atoms with Gasteiger partial charge in [0, 0.05) is 17.4 Å². The maximum atomic E-state index is 5.24. The van der Waals surface area contributed by atoms with Crippen molar-refractivity contribution in [2.24, 2.45) is 0 Å². The number of hydrogen-bond acceptors (Lipinski definition) is 6. The molecule has 0 fully saturated rings. The van der Waals surface area contributed by atoms with Crippen molar-refractivity contribution >= 4 is 23.1 Å². The van der Waals surface area contributed by atoms with Gasteiger partial charge in [-0.25, -0.2) is 0 Å². The summed E-state index contributed by atoms with van der Waals surface area (Å²) in [7, 11) is 1.64. The summed E-state index contributed by atoms with van der Waals surface area (Å²) in [5.74, 6) is 2.23. The highest BCUT2D eigenvalue weighted by Crippen LogP contribution is 2.29. The SMILES string of the molecule is COc1cccc(Nc2cnnc(Nc3c(C)cccc3C(C)C)n2)c1. The van der Waals surface area contributed by atoms with Crippen LogP contribution in [0.4, 0.5) is 23.1 Å². The Balaban J connectivity index is 1.84. The smallest absolute Gasteiger partial charge is 0.249 e. The van der Waals surface area contributed by atoms with Crippen molar-refractivity contribution < 1.29 is 4.74 Å². The molecule has 1 aromatic heterocycles. The van der Waals surface area contributed by atoms with Crippen LogP contribution < -0.4 is 15.4 Å². The summed E-state index contributed by atoms with van der Waals surface area (Å²) in [6, 6.07) is 13.9. The second-order valence-electron chi connectivity index (χ2n) is 6.34. The van der Waals surface area contributed by atoms with E-state index in [0.29, 0.717) is 17.7 Å². The van der Waals surface area contributed by atoms with Gasteiger partial charge in [0.05, 0.1) is 13.3 Å². The topological polar surface area (TPSA) is 72.0 Å². The summed E-state index contributed by atoms with van der Waals surface area (Å²) in [6.07, 6.45) is 1.59. The Kier molecular flexibility index (Phi) is 5.31. The highest BCUT2D eigenvalue weighted by atomic mass is 16.5. The number of rotatable bonds is 6. The Morgan fingerprint density at radius 3 is 2.62 bits per heavy atom. The molecule has 2 aromatic carbocycles. The molecule has 3 aromatic rings. The lowest BCUT2D eigenvalue weighted by molar-refractivity contribution is 0.415. The molecule has 0 radical (unpaired) electrons. The van der Waals surface area contributed by atoms with Crippen molar-refractivity contribution in [3.05, 3.63) is 59.8 Å². The fourth-order valence-corrected chi connectivity index (χ4v) is 2.72. The number of aromatic nitrogens is 3. The molecule has 3 rings (SSSR count). The number of nitrogens with zero attached hydrogens (tertiary/aromatic N) is 3. The molecule has 0 aliphatic heterocycles. The third-order valence-electron chi connectivity index (χ3n) is 4.06. The number of methoxy groups -OCH3 is 1. The molecule has 26 heavy (non-hydrogen) atoms. The van der Waals surface area contributed by atoms with Crippen LogP contribution in [0.15, 0.2) is 48.7 Å². The predicted octanol–water partition coefficient (Wildman–Crippen LogP) is 4.80. The van der Waals surface area contributed by atoms with Gasteiger partial charge in [-0.3, -0.25) is 0 Å². The van der Waals surface area contributed by atoms with E-state index in [1.54, 1.807) is 13.3 Å². The molecule has 2 N–H and O–H groups in total. The first-order chi connectivity index (χ1) is 12.6. The molecule has 0 amide bonds. The lowest BCUT2D eigenvalue weighted by atomic mass is 9.98. The summed E-state index contributed by atoms with van der Waals surface area (Å²) >= 11 is 0. The van der Waals surface area contributed by atoms with Crippen molar-refractivity contribution in [3.63, 3.8) is 0 Å². The largest absolute Gasteiger partial charge is 0.497 e. The van der Waals surface area contributed by atoms with Crippen molar-refractivity contribution in [1.29, 1.82) is 0 Å². The van der Waals surface area contributed by atoms with E-state index in [0.717, 1.165) is 22.7 Å². The Bertz CT molecular complexity index is 895. The normalized spacial score (nSPS) is 10.7. The van der Waals surface area contributed by atoms with Gasteiger partial charge in [0.2, 0.25) is 5.95 Å². The van der Waals surface area contributed by atoms with E-state index in [9.17, 15) is 0 Å². The first kappa shape index (κ1) is 17.7. The number of hydrogen-bond donors (Lipinski definition) is 2. The zero-order valence-corrected chi connectivity index (χ0v) is 15.4. The Morgan fingerprint density at radius 1 is 1.04 bits per heavy atom. The summed E-state index contributed by atoms with van der Waals surface area (Å²) in [5.41, 5.74) is 4.27. The predicted molar refractivity (Wildman–Crippen MR) is 105 cm³/mol. The average Bonchev–Trinajstić information content (AvgIpc) is 2.63. The zero-order valence-electron chi connectivity index (χ0n) is 15.4. The van der Waals surface area contributed by atoms with Crippen LogP contribution >= 0.6 is 0 Å². The minimum Gasteiger partial charge on any atom is -0.497 e. The van der Waals surface area contributed by atoms with Gasteiger partial charge >= 0.3 is 0 Å². The molecule has 6 heteroatoms. The van der Waals surface area contributed by atoms with Crippen LogP contribution in [0.2, 0.25) is 0 Å². The van der Waals surface area contributed by atoms with E-state index < -0.39 is 0 Å². The van der Waals surface area contributed by atoms with Crippen LogP contribution in [0.1, 0.15) is 30.9 Å². The van der Waals surface area contributed by atoms with E-state index in [2.05, 4.69) is 64.8 Å². The van der Waals surface area contributed by atoms with Crippen LogP contribution in [0.25, 0.3) is 0 Å². The van der Waals surface area contributed by atoms with Gasteiger partial charge in [-0.15, -0.1) is 5.10 Å². The highest BCUT2D eigenvalue weighted by molar-refractivity contribution is 5.65. The number of benzene rings is 2. The van der Waals surface area contributed by atoms with Crippen LogP contribution in [0, 0.1) is 6.92 Å². The zero-order chi connectivity index (χ0) is 18.5. The number of aryl methyl sites for hydroxylation is 1. The van der Waals surface area contributed by atoms with Gasteiger partial charge in [0.25, 0.3) is 0 Å². The summed E-state index contributed by atoms with van der Waals surface area (Å²) in [4.78, 5) is 4.52. The van der Waals surface area contributed by atoms with E-state index >= 15 is 0 Å². The molecule has 0 aliphatic carbocycles. The quantitative estimate of drug-likeness (QED) is 0.666. The summed E-state index contributed by atoms with van der Waals surface area (Å²) < 4.78 is 5.24. The molecule has 0 atom stereocenters. The number of para-hydroxylation sites is 1. The first-order valence-electron chi connectivity index (χ1n) is 8.54. The van der Waals surface area contributed by atoms with E-state index in [4.69, 9.17) is 4.74 Å². The van der Waals surface area contributed by atoms with Crippen LogP contribution in [-0.4, -0.2) is 22.3 Å². The maximum Gasteiger partial charge on any atom is 0.249 e. The van der Waals surface area contributed by atoms with Crippen LogP contribution in [-0.2, 0) is 0 Å². The van der Waals surface area contributed by atoms with Crippen molar-refractivity contribution in [3.8, 4) is 5.75 Å². The minimum absolute atomic E-state index is 0.392. The van der Waals surface area contributed by atoms with Gasteiger partial charge < -0.3 is 15.4 Å². The van der Waals surface area contributed by atoms with Crippen LogP contribution in [0.5, 0.6) is 5.75 Å². The highest BCUT2D eigenvalue weighted by Gasteiger charge is 2.11. The molecule has 0 unspecified atom stereocenters. The Labute approximate surface area is 153 Å². The van der Waals surface area contributed by atoms with E-state index in [1.165, 1.54) is 5.56 Å². The van der Waals surface area contributed by atoms with Crippen molar-refractivity contribution in [1.82, 2.24) is 15.2 Å². The van der Waals surface area contributed by atoms with Gasteiger partial charge in [-0.2, -0.15) is 10.1 Å².